The van der Waals surface area contributed by atoms with Crippen molar-refractivity contribution in [2.45, 2.75) is 44.8 Å². The van der Waals surface area contributed by atoms with Crippen molar-refractivity contribution in [3.63, 3.8) is 0 Å². The molecular formula is C27H33NO5. The Balaban J connectivity index is 1.38. The van der Waals surface area contributed by atoms with Crippen molar-refractivity contribution < 1.29 is 24.5 Å². The maximum Gasteiger partial charge on any atom is 0.333 e. The average Bonchev–Trinajstić information content (AvgIpc) is 3.16. The lowest BCUT2D eigenvalue weighted by Crippen LogP contribution is -2.26. The lowest BCUT2D eigenvalue weighted by Gasteiger charge is -2.18. The van der Waals surface area contributed by atoms with Gasteiger partial charge in [0.05, 0.1) is 25.4 Å². The number of ether oxygens (including phenoxy) is 2. The summed E-state index contributed by atoms with van der Waals surface area (Å²) in [5, 5.41) is 21.4. The van der Waals surface area contributed by atoms with E-state index in [1.165, 1.54) is 10.9 Å². The summed E-state index contributed by atoms with van der Waals surface area (Å²) in [6, 6.07) is 18.5. The summed E-state index contributed by atoms with van der Waals surface area (Å²) < 4.78 is 13.0. The van der Waals surface area contributed by atoms with E-state index in [0.717, 1.165) is 17.0 Å². The summed E-state index contributed by atoms with van der Waals surface area (Å²) in [7, 11) is 2.07. The number of hydrogen-bond donors (Lipinski definition) is 2. The molecule has 0 bridgehead atoms. The van der Waals surface area contributed by atoms with Gasteiger partial charge in [-0.25, -0.2) is 4.79 Å². The Bertz CT molecular complexity index is 1070. The number of benzene rings is 2. The molecule has 6 nitrogen and oxygen atoms in total. The second-order valence-electron chi connectivity index (χ2n) is 8.36. The summed E-state index contributed by atoms with van der Waals surface area (Å²) in [6.45, 7) is 5.75. The van der Waals surface area contributed by atoms with E-state index in [0.29, 0.717) is 37.9 Å². The van der Waals surface area contributed by atoms with Gasteiger partial charge in [0.1, 0.15) is 5.75 Å². The van der Waals surface area contributed by atoms with Crippen molar-refractivity contribution in [3.05, 3.63) is 66.7 Å². The molecule has 2 unspecified atom stereocenters. The average molecular weight is 452 g/mol. The van der Waals surface area contributed by atoms with Crippen molar-refractivity contribution in [1.29, 1.82) is 0 Å². The number of esters is 1. The molecule has 6 heteroatoms. The van der Waals surface area contributed by atoms with Crippen LogP contribution in [0.15, 0.2) is 66.7 Å². The predicted molar refractivity (Wildman–Crippen MR) is 130 cm³/mol. The van der Waals surface area contributed by atoms with Gasteiger partial charge < -0.3 is 24.3 Å². The van der Waals surface area contributed by atoms with Crippen LogP contribution in [0.25, 0.3) is 22.2 Å². The Hall–Kier alpha value is -3.09. The fourth-order valence-electron chi connectivity index (χ4n) is 3.74. The third kappa shape index (κ3) is 6.70. The molecule has 2 aromatic carbocycles. The normalized spacial score (nSPS) is 13.0. The highest BCUT2D eigenvalue weighted by molar-refractivity contribution is 5.87. The first-order valence-electron chi connectivity index (χ1n) is 11.3. The fraction of sp³-hybridized carbons (Fsp3) is 0.370. The van der Waals surface area contributed by atoms with Crippen LogP contribution in [-0.4, -0.2) is 46.2 Å². The standard InChI is InChI=1S/C27H33NO5/c1-19(2)27(31)33-17-7-11-26(30)25(29)10-6-16-32-22-14-12-20(13-15-22)24-18-21-8-4-5-9-23(21)28(24)3/h4-5,8-9,12-15,18,25-26,29-30H,1,6-7,10-11,16-17H2,2-3H3. The lowest BCUT2D eigenvalue weighted by molar-refractivity contribution is -0.139. The molecule has 2 N–H and O–H groups in total. The molecule has 0 aliphatic carbocycles. The molecule has 1 heterocycles. The number of aliphatic hydroxyl groups is 2. The number of carbonyl (C=O) groups excluding carboxylic acids is 1. The van der Waals surface area contributed by atoms with Crippen molar-refractivity contribution in [2.75, 3.05) is 13.2 Å². The molecule has 0 saturated heterocycles. The van der Waals surface area contributed by atoms with E-state index >= 15 is 0 Å². The van der Waals surface area contributed by atoms with Crippen molar-refractivity contribution >= 4 is 16.9 Å². The van der Waals surface area contributed by atoms with Crippen molar-refractivity contribution in [1.82, 2.24) is 4.57 Å². The van der Waals surface area contributed by atoms with Gasteiger partial charge in [0, 0.05) is 29.2 Å². The molecule has 0 amide bonds. The molecule has 2 atom stereocenters. The highest BCUT2D eigenvalue weighted by Gasteiger charge is 2.16. The minimum absolute atomic E-state index is 0.202. The number of carbonyl (C=O) groups is 1. The largest absolute Gasteiger partial charge is 0.494 e. The Kier molecular flexibility index (Phi) is 8.69. The maximum atomic E-state index is 11.3. The topological polar surface area (TPSA) is 80.9 Å². The monoisotopic (exact) mass is 451 g/mol. The summed E-state index contributed by atoms with van der Waals surface area (Å²) in [5.74, 6) is 0.333. The second-order valence-corrected chi connectivity index (χ2v) is 8.36. The molecule has 0 radical (unpaired) electrons. The number of para-hydroxylation sites is 1. The SMILES string of the molecule is C=C(C)C(=O)OCCCC(O)C(O)CCCOc1ccc(-c2cc3ccccc3n2C)cc1. The second kappa shape index (κ2) is 11.7. The van der Waals surface area contributed by atoms with E-state index in [1.807, 2.05) is 36.4 Å². The van der Waals surface area contributed by atoms with Gasteiger partial charge in [-0.1, -0.05) is 24.8 Å². The molecule has 0 fully saturated rings. The number of rotatable bonds is 12. The summed E-state index contributed by atoms with van der Waals surface area (Å²) >= 11 is 0. The highest BCUT2D eigenvalue weighted by atomic mass is 16.5. The Morgan fingerprint density at radius 2 is 1.64 bits per heavy atom. The number of nitrogens with zero attached hydrogens (tertiary/aromatic N) is 1. The zero-order valence-electron chi connectivity index (χ0n) is 19.4. The molecule has 0 aliphatic heterocycles. The van der Waals surface area contributed by atoms with Crippen molar-refractivity contribution in [3.8, 4) is 17.0 Å². The molecule has 0 spiro atoms. The van der Waals surface area contributed by atoms with E-state index in [1.54, 1.807) is 6.92 Å². The number of aliphatic hydroxyl groups excluding tert-OH is 2. The zero-order chi connectivity index (χ0) is 23.8. The predicted octanol–water partition coefficient (Wildman–Crippen LogP) is 4.63. The van der Waals surface area contributed by atoms with Gasteiger partial charge in [-0.2, -0.15) is 0 Å². The first kappa shape index (κ1) is 24.6. The van der Waals surface area contributed by atoms with E-state index < -0.39 is 18.2 Å². The summed E-state index contributed by atoms with van der Waals surface area (Å²) in [5.41, 5.74) is 3.81. The maximum absolute atomic E-state index is 11.3. The van der Waals surface area contributed by atoms with Gasteiger partial charge in [-0.15, -0.1) is 0 Å². The highest BCUT2D eigenvalue weighted by Crippen LogP contribution is 2.28. The molecular weight excluding hydrogens is 418 g/mol. The molecule has 1 aromatic heterocycles. The van der Waals surface area contributed by atoms with Gasteiger partial charge in [-0.05, 0) is 74.6 Å². The molecule has 3 aromatic rings. The van der Waals surface area contributed by atoms with Crippen LogP contribution in [0.2, 0.25) is 0 Å². The minimum atomic E-state index is -0.853. The van der Waals surface area contributed by atoms with E-state index in [-0.39, 0.29) is 6.61 Å². The quantitative estimate of drug-likeness (QED) is 0.238. The van der Waals surface area contributed by atoms with Gasteiger partial charge in [-0.3, -0.25) is 0 Å². The number of fused-ring (bicyclic) bond motifs is 1. The number of aryl methyl sites for hydroxylation is 1. The number of aromatic nitrogens is 1. The smallest absolute Gasteiger partial charge is 0.333 e. The number of hydrogen-bond acceptors (Lipinski definition) is 5. The van der Waals surface area contributed by atoms with Gasteiger partial charge in [0.25, 0.3) is 0 Å². The molecule has 0 saturated carbocycles. The third-order valence-corrected chi connectivity index (χ3v) is 5.68. The van der Waals surface area contributed by atoms with Crippen LogP contribution in [0, 0.1) is 0 Å². The Morgan fingerprint density at radius 1 is 1.00 bits per heavy atom. The van der Waals surface area contributed by atoms with Crippen LogP contribution in [0.5, 0.6) is 5.75 Å². The Morgan fingerprint density at radius 3 is 2.27 bits per heavy atom. The zero-order valence-corrected chi connectivity index (χ0v) is 19.4. The van der Waals surface area contributed by atoms with E-state index in [2.05, 4.69) is 36.4 Å². The lowest BCUT2D eigenvalue weighted by atomic mass is 10.0. The fourth-order valence-corrected chi connectivity index (χ4v) is 3.74. The molecule has 0 aliphatic rings. The van der Waals surface area contributed by atoms with Crippen LogP contribution in [0.1, 0.15) is 32.6 Å². The van der Waals surface area contributed by atoms with Crippen LogP contribution in [0.3, 0.4) is 0 Å². The van der Waals surface area contributed by atoms with Crippen LogP contribution in [-0.2, 0) is 16.6 Å². The van der Waals surface area contributed by atoms with E-state index in [9.17, 15) is 15.0 Å². The van der Waals surface area contributed by atoms with Crippen molar-refractivity contribution in [2.24, 2.45) is 7.05 Å². The third-order valence-electron chi connectivity index (χ3n) is 5.68. The van der Waals surface area contributed by atoms with Crippen LogP contribution >= 0.6 is 0 Å². The van der Waals surface area contributed by atoms with Gasteiger partial charge >= 0.3 is 5.97 Å². The first-order chi connectivity index (χ1) is 15.9. The Labute approximate surface area is 195 Å². The molecule has 176 valence electrons. The van der Waals surface area contributed by atoms with Crippen LogP contribution < -0.4 is 4.74 Å². The van der Waals surface area contributed by atoms with Gasteiger partial charge in [0.15, 0.2) is 0 Å². The minimum Gasteiger partial charge on any atom is -0.494 e. The molecule has 3 rings (SSSR count). The van der Waals surface area contributed by atoms with Crippen LogP contribution in [0.4, 0.5) is 0 Å². The first-order valence-corrected chi connectivity index (χ1v) is 11.3. The van der Waals surface area contributed by atoms with Gasteiger partial charge in [0.2, 0.25) is 0 Å². The summed E-state index contributed by atoms with van der Waals surface area (Å²) in [6.07, 6.45) is 0.208. The summed E-state index contributed by atoms with van der Waals surface area (Å²) in [4.78, 5) is 11.3. The molecule has 33 heavy (non-hydrogen) atoms. The van der Waals surface area contributed by atoms with E-state index in [4.69, 9.17) is 9.47 Å².